The summed E-state index contributed by atoms with van der Waals surface area (Å²) in [5.74, 6) is -15.5. The Kier molecular flexibility index (Phi) is 54.0. The Morgan fingerprint density at radius 2 is 0.647 bits per heavy atom. The first kappa shape index (κ1) is 116. The number of nitrogens with two attached hydrogens (primary N) is 10. The molecule has 133 heavy (non-hydrogen) atoms. The molecule has 0 saturated heterocycles. The van der Waals surface area contributed by atoms with Crippen molar-refractivity contribution in [1.82, 2.24) is 79.4 Å². The summed E-state index contributed by atoms with van der Waals surface area (Å²) in [5.41, 5.74) is 60.3. The van der Waals surface area contributed by atoms with Gasteiger partial charge in [0.15, 0.2) is 5.96 Å². The van der Waals surface area contributed by atoms with Crippen LogP contribution >= 0.6 is 0 Å². The number of carbonyl (C=O) groups excluding carboxylic acids is 16. The van der Waals surface area contributed by atoms with Gasteiger partial charge >= 0.3 is 0 Å². The molecule has 0 bridgehead atoms. The molecule has 1 heterocycles. The number of unbranched alkanes of at least 4 members (excludes halogenated alkanes) is 5. The molecule has 42 heteroatoms. The van der Waals surface area contributed by atoms with Crippen LogP contribution in [0.3, 0.4) is 0 Å². The molecule has 15 atom stereocenters. The van der Waals surface area contributed by atoms with E-state index in [-0.39, 0.29) is 140 Å². The van der Waals surface area contributed by atoms with Crippen molar-refractivity contribution in [2.45, 2.75) is 314 Å². The summed E-state index contributed by atoms with van der Waals surface area (Å²) in [7, 11) is 0. The Morgan fingerprint density at radius 3 is 1.05 bits per heavy atom. The second-order valence-electron chi connectivity index (χ2n) is 36.1. The van der Waals surface area contributed by atoms with Gasteiger partial charge in [-0.3, -0.25) is 81.7 Å². The first-order valence-corrected chi connectivity index (χ1v) is 46.7. The molecule has 0 radical (unpaired) electrons. The summed E-state index contributed by atoms with van der Waals surface area (Å²) in [4.78, 5) is 235. The number of aromatic amines is 1. The van der Waals surface area contributed by atoms with E-state index in [0.717, 1.165) is 10.9 Å². The SMILES string of the molecule is CC(C)C[C@H](NC(=O)[C@@H](NC(=O)[C@H](CCCCN)NC(=O)[C@H](CC(C)C)NC(=O)[C@@H](NC(=O)[C@H](C)NC(=O)[C@H](CC(N)=O)NC(=O)[C@H](CCCN=C(N)N)NC(=O)[C@H](CCCCN)NC(=O)[C@H](CCCCN)NC(=O)[C@H](Cc1ccccc1)NC(=O)[C@H](CC(C)C)NC(=O)[C@H](CCCCN)NC(=O)[C@H](Cc1c[nH]c2ccccc12)NC(=O)[C@@H](N)CCCCN)C(C)C)C(C)C)C(N)=O. The number of hydrogen-bond donors (Lipinski definition) is 25. The molecule has 16 amide bonds. The number of fused-ring (bicyclic) bond motifs is 1. The monoisotopic (exact) mass is 1870 g/mol. The third-order valence-electron chi connectivity index (χ3n) is 22.2. The lowest BCUT2D eigenvalue weighted by Gasteiger charge is -2.29. The quantitative estimate of drug-likeness (QED) is 0.0159. The van der Waals surface area contributed by atoms with E-state index in [1.807, 2.05) is 52.0 Å². The van der Waals surface area contributed by atoms with Crippen LogP contribution in [0.2, 0.25) is 0 Å². The number of H-pyrrole nitrogens is 1. The van der Waals surface area contributed by atoms with E-state index in [9.17, 15) is 62.3 Å². The largest absolute Gasteiger partial charge is 0.370 e. The Bertz CT molecular complexity index is 4220. The number of aromatic nitrogens is 1. The molecular formula is C91H156N26O16. The van der Waals surface area contributed by atoms with Crippen LogP contribution in [0.4, 0.5) is 0 Å². The van der Waals surface area contributed by atoms with Crippen LogP contribution in [-0.4, -0.2) is 235 Å². The normalized spacial score (nSPS) is 14.8. The van der Waals surface area contributed by atoms with Gasteiger partial charge in [-0.15, -0.1) is 0 Å². The molecule has 0 spiro atoms. The third-order valence-corrected chi connectivity index (χ3v) is 22.2. The maximum Gasteiger partial charge on any atom is 0.243 e. The molecule has 746 valence electrons. The summed E-state index contributed by atoms with van der Waals surface area (Å²) in [6, 6.07) is -4.23. The average Bonchev–Trinajstić information content (AvgIpc) is 1.68. The van der Waals surface area contributed by atoms with Crippen molar-refractivity contribution in [3.05, 3.63) is 71.9 Å². The number of nitrogens with zero attached hydrogens (tertiary/aromatic N) is 1. The summed E-state index contributed by atoms with van der Waals surface area (Å²) < 4.78 is 0. The molecule has 42 nitrogen and oxygen atoms in total. The molecule has 2 aromatic carbocycles. The van der Waals surface area contributed by atoms with Gasteiger partial charge in [0, 0.05) is 36.5 Å². The minimum atomic E-state index is -1.83. The van der Waals surface area contributed by atoms with Crippen LogP contribution in [-0.2, 0) is 89.6 Å². The van der Waals surface area contributed by atoms with Gasteiger partial charge < -0.3 is 137 Å². The standard InChI is InChI=1S/C91H156N26O16/c1-51(2)44-67(76(99)119)110-89(132)75(55(9)10)117-83(126)65(36-21-26-42-96)109-85(128)69(46-53(5)6)115-90(133)74(54(7)8)116-77(120)56(11)104-84(127)72(49-73(98)118)114-82(125)66(37-27-43-102-91(100)101)106-79(122)62(33-18-23-39-93)105-80(123)63(34-19-24-40-94)107-87(130)70(47-57-28-13-12-14-29-57)113-86(129)68(45-52(3)4)112-81(124)64(35-20-25-41-95)108-88(131)71(111-78(121)60(97)31-17-22-38-92)48-58-50-103-61-32-16-15-30-59(58)61/h12-16,28-30,32,50-56,60,62-72,74-75,103H,17-27,31,33-49,92-97H2,1-11H3,(H2,98,118)(H2,99,119)(H,104,127)(H,105,123)(H,106,122)(H,107,130)(H,108,131)(H,109,128)(H,110,132)(H,111,121)(H,112,124)(H,113,129)(H,114,125)(H,115,133)(H,116,120)(H,117,126)(H4,100,101,102)/t56-,60-,62-,63-,64-,65-,66-,67-,68-,69-,70-,71-,72-,74-,75-/m0/s1. The zero-order valence-corrected chi connectivity index (χ0v) is 79.6. The number of hydrogen-bond acceptors (Lipinski definition) is 23. The van der Waals surface area contributed by atoms with E-state index in [1.165, 1.54) is 6.92 Å². The van der Waals surface area contributed by atoms with Crippen LogP contribution < -0.4 is 132 Å². The van der Waals surface area contributed by atoms with Crippen molar-refractivity contribution in [3.63, 3.8) is 0 Å². The second-order valence-corrected chi connectivity index (χ2v) is 36.1. The highest BCUT2D eigenvalue weighted by Gasteiger charge is 2.40. The number of nitrogens with one attached hydrogen (secondary N) is 15. The van der Waals surface area contributed by atoms with Crippen LogP contribution in [0.25, 0.3) is 10.9 Å². The first-order chi connectivity index (χ1) is 63.0. The maximum absolute atomic E-state index is 15.1. The predicted octanol–water partition coefficient (Wildman–Crippen LogP) is -2.40. The van der Waals surface area contributed by atoms with Crippen molar-refractivity contribution in [2.24, 2.45) is 91.9 Å². The van der Waals surface area contributed by atoms with Gasteiger partial charge in [-0.1, -0.05) is 124 Å². The molecular weight excluding hydrogens is 1710 g/mol. The van der Waals surface area contributed by atoms with E-state index in [1.54, 1.807) is 78.1 Å². The molecule has 3 aromatic rings. The average molecular weight is 1870 g/mol. The van der Waals surface area contributed by atoms with Gasteiger partial charge in [-0.2, -0.15) is 0 Å². The molecule has 0 unspecified atom stereocenters. The van der Waals surface area contributed by atoms with Gasteiger partial charge in [-0.05, 0) is 208 Å². The van der Waals surface area contributed by atoms with Crippen molar-refractivity contribution in [2.75, 3.05) is 39.3 Å². The van der Waals surface area contributed by atoms with Gasteiger partial charge in [0.05, 0.1) is 12.5 Å². The Hall–Kier alpha value is -11.5. The summed E-state index contributed by atoms with van der Waals surface area (Å²) in [6.07, 6.45) is 5.09. The highest BCUT2D eigenvalue weighted by atomic mass is 16.2. The highest BCUT2D eigenvalue weighted by molar-refractivity contribution is 6.01. The number of primary amides is 2. The second kappa shape index (κ2) is 62.1. The van der Waals surface area contributed by atoms with Crippen LogP contribution in [0.15, 0.2) is 65.8 Å². The Labute approximate surface area is 781 Å². The zero-order valence-electron chi connectivity index (χ0n) is 79.6. The Balaban J connectivity index is 1.99. The topological polar surface area (TPSA) is 730 Å². The minimum Gasteiger partial charge on any atom is -0.370 e. The molecule has 0 fully saturated rings. The number of guanidine groups is 1. The van der Waals surface area contributed by atoms with Gasteiger partial charge in [0.25, 0.3) is 0 Å². The highest BCUT2D eigenvalue weighted by Crippen LogP contribution is 2.22. The molecule has 0 aliphatic heterocycles. The summed E-state index contributed by atoms with van der Waals surface area (Å²) in [6.45, 7) is 19.9. The van der Waals surface area contributed by atoms with Gasteiger partial charge in [0.2, 0.25) is 94.5 Å². The number of rotatable bonds is 67. The number of para-hydroxylation sites is 1. The van der Waals surface area contributed by atoms with Gasteiger partial charge in [-0.25, -0.2) is 0 Å². The van der Waals surface area contributed by atoms with Crippen LogP contribution in [0.5, 0.6) is 0 Å². The Morgan fingerprint density at radius 1 is 0.323 bits per heavy atom. The third kappa shape index (κ3) is 43.8. The molecule has 35 N–H and O–H groups in total. The smallest absolute Gasteiger partial charge is 0.243 e. The predicted molar refractivity (Wildman–Crippen MR) is 508 cm³/mol. The molecule has 0 saturated carbocycles. The first-order valence-electron chi connectivity index (χ1n) is 46.7. The fourth-order valence-corrected chi connectivity index (χ4v) is 14.7. The van der Waals surface area contributed by atoms with E-state index in [2.05, 4.69) is 84.4 Å². The number of aliphatic imine (C=N–C) groups is 1. The minimum absolute atomic E-state index is 0.00352. The number of benzene rings is 2. The van der Waals surface area contributed by atoms with Crippen molar-refractivity contribution < 1.29 is 76.7 Å². The lowest BCUT2D eigenvalue weighted by molar-refractivity contribution is -0.137. The molecule has 0 aliphatic carbocycles. The van der Waals surface area contributed by atoms with E-state index in [4.69, 9.17) is 57.3 Å². The fourth-order valence-electron chi connectivity index (χ4n) is 14.7. The van der Waals surface area contributed by atoms with E-state index < -0.39 is 203 Å². The number of carbonyl (C=O) groups is 16. The van der Waals surface area contributed by atoms with Crippen LogP contribution in [0, 0.1) is 29.6 Å². The number of amides is 16. The van der Waals surface area contributed by atoms with E-state index in [0.29, 0.717) is 75.5 Å². The van der Waals surface area contributed by atoms with Crippen LogP contribution in [0.1, 0.15) is 222 Å². The molecule has 3 rings (SSSR count). The lowest BCUT2D eigenvalue weighted by Crippen LogP contribution is -2.61. The summed E-state index contributed by atoms with van der Waals surface area (Å²) >= 11 is 0. The van der Waals surface area contributed by atoms with Crippen molar-refractivity contribution in [1.29, 1.82) is 0 Å². The van der Waals surface area contributed by atoms with Gasteiger partial charge in [0.1, 0.15) is 84.6 Å². The lowest BCUT2D eigenvalue weighted by atomic mass is 9.98. The molecule has 1 aromatic heterocycles. The van der Waals surface area contributed by atoms with Crippen molar-refractivity contribution in [3.8, 4) is 0 Å². The zero-order chi connectivity index (χ0) is 99.6. The summed E-state index contributed by atoms with van der Waals surface area (Å²) in [5, 5.41) is 38.7. The fraction of sp³-hybridized carbons (Fsp3) is 0.659. The maximum atomic E-state index is 15.1. The van der Waals surface area contributed by atoms with Crippen molar-refractivity contribution >= 4 is 111 Å². The van der Waals surface area contributed by atoms with E-state index >= 15 is 14.4 Å². The molecule has 0 aliphatic rings.